The second-order valence-electron chi connectivity index (χ2n) is 3.52. The Bertz CT molecular complexity index is 274. The van der Waals surface area contributed by atoms with Crippen LogP contribution in [-0.2, 0) is 0 Å². The van der Waals surface area contributed by atoms with E-state index in [1.165, 1.54) is 5.56 Å². The van der Waals surface area contributed by atoms with Crippen LogP contribution in [-0.4, -0.2) is 16.9 Å². The Morgan fingerprint density at radius 3 is 3.00 bits per heavy atom. The topological polar surface area (TPSA) is 24.9 Å². The number of aromatic nitrogens is 1. The van der Waals surface area contributed by atoms with Crippen molar-refractivity contribution in [3.8, 4) is 0 Å². The van der Waals surface area contributed by atoms with E-state index in [4.69, 9.17) is 11.6 Å². The second-order valence-corrected chi connectivity index (χ2v) is 4.26. The molecule has 1 atom stereocenters. The van der Waals surface area contributed by atoms with Crippen LogP contribution in [0, 0.1) is 6.92 Å². The molecule has 14 heavy (non-hydrogen) atoms. The molecule has 0 radical (unpaired) electrons. The Kier molecular flexibility index (Phi) is 4.74. The first-order chi connectivity index (χ1) is 6.70. The second kappa shape index (κ2) is 5.86. The summed E-state index contributed by atoms with van der Waals surface area (Å²) in [6, 6.07) is 4.00. The molecule has 3 heteroatoms. The largest absolute Gasteiger partial charge is 0.370 e. The van der Waals surface area contributed by atoms with Gasteiger partial charge in [-0.15, -0.1) is 11.6 Å². The summed E-state index contributed by atoms with van der Waals surface area (Å²) in [5, 5.41) is 3.56. The summed E-state index contributed by atoms with van der Waals surface area (Å²) >= 11 is 5.85. The number of alkyl halides is 1. The van der Waals surface area contributed by atoms with Gasteiger partial charge in [0, 0.05) is 18.1 Å². The minimum absolute atomic E-state index is 0.265. The van der Waals surface area contributed by atoms with Crippen LogP contribution in [0.4, 0.5) is 5.82 Å². The van der Waals surface area contributed by atoms with Gasteiger partial charge in [-0.2, -0.15) is 0 Å². The zero-order chi connectivity index (χ0) is 10.4. The molecule has 0 aliphatic carbocycles. The number of anilines is 1. The third-order valence-electron chi connectivity index (χ3n) is 2.08. The third-order valence-corrected chi connectivity index (χ3v) is 2.30. The van der Waals surface area contributed by atoms with E-state index >= 15 is 0 Å². The zero-order valence-electron chi connectivity index (χ0n) is 8.76. The zero-order valence-corrected chi connectivity index (χ0v) is 9.51. The number of nitrogens with zero attached hydrogens (tertiary/aromatic N) is 1. The van der Waals surface area contributed by atoms with Crippen LogP contribution in [0.3, 0.4) is 0 Å². The summed E-state index contributed by atoms with van der Waals surface area (Å²) in [7, 11) is 0. The van der Waals surface area contributed by atoms with Crippen LogP contribution in [0.25, 0.3) is 0 Å². The van der Waals surface area contributed by atoms with Gasteiger partial charge in [-0.25, -0.2) is 4.98 Å². The predicted molar refractivity (Wildman–Crippen MR) is 62.0 cm³/mol. The van der Waals surface area contributed by atoms with Crippen LogP contribution < -0.4 is 5.32 Å². The summed E-state index contributed by atoms with van der Waals surface area (Å²) < 4.78 is 0. The molecular formula is C11H17ClN2. The Hall–Kier alpha value is -0.760. The maximum Gasteiger partial charge on any atom is 0.128 e. The molecule has 0 bridgehead atoms. The van der Waals surface area contributed by atoms with Crippen LogP contribution in [0.1, 0.15) is 25.3 Å². The molecular weight excluding hydrogens is 196 g/mol. The van der Waals surface area contributed by atoms with Gasteiger partial charge in [0.1, 0.15) is 5.82 Å². The van der Waals surface area contributed by atoms with Gasteiger partial charge in [0.05, 0.1) is 0 Å². The molecule has 0 spiro atoms. The van der Waals surface area contributed by atoms with Crippen molar-refractivity contribution in [2.45, 2.75) is 32.1 Å². The van der Waals surface area contributed by atoms with Gasteiger partial charge < -0.3 is 5.32 Å². The highest BCUT2D eigenvalue weighted by atomic mass is 35.5. The number of rotatable bonds is 5. The molecule has 1 rings (SSSR count). The highest BCUT2D eigenvalue weighted by Gasteiger charge is 1.98. The lowest BCUT2D eigenvalue weighted by Gasteiger charge is -2.08. The monoisotopic (exact) mass is 212 g/mol. The lowest BCUT2D eigenvalue weighted by atomic mass is 10.2. The average molecular weight is 213 g/mol. The quantitative estimate of drug-likeness (QED) is 0.599. The standard InChI is InChI=1S/C11H17ClN2/c1-9-5-3-7-13-11(9)14-8-4-6-10(2)12/h3,5,7,10H,4,6,8H2,1-2H3,(H,13,14). The maximum atomic E-state index is 5.85. The minimum Gasteiger partial charge on any atom is -0.370 e. The minimum atomic E-state index is 0.265. The van der Waals surface area contributed by atoms with E-state index in [1.807, 2.05) is 13.0 Å². The van der Waals surface area contributed by atoms with E-state index in [9.17, 15) is 0 Å². The number of hydrogen-bond donors (Lipinski definition) is 1. The normalized spacial score (nSPS) is 12.5. The number of pyridine rings is 1. The van der Waals surface area contributed by atoms with Crippen molar-refractivity contribution in [1.29, 1.82) is 0 Å². The number of aryl methyl sites for hydroxylation is 1. The molecule has 1 N–H and O–H groups in total. The van der Waals surface area contributed by atoms with Crippen molar-refractivity contribution in [1.82, 2.24) is 4.98 Å². The Labute approximate surface area is 90.7 Å². The summed E-state index contributed by atoms with van der Waals surface area (Å²) in [6.07, 6.45) is 3.93. The van der Waals surface area contributed by atoms with Gasteiger partial charge in [0.25, 0.3) is 0 Å². The smallest absolute Gasteiger partial charge is 0.128 e. The van der Waals surface area contributed by atoms with Crippen molar-refractivity contribution in [3.63, 3.8) is 0 Å². The fraction of sp³-hybridized carbons (Fsp3) is 0.545. The third kappa shape index (κ3) is 3.97. The lowest BCUT2D eigenvalue weighted by molar-refractivity contribution is 0.748. The molecule has 0 aromatic carbocycles. The Morgan fingerprint density at radius 1 is 1.57 bits per heavy atom. The fourth-order valence-corrected chi connectivity index (χ4v) is 1.42. The van der Waals surface area contributed by atoms with Gasteiger partial charge in [0.15, 0.2) is 0 Å². The van der Waals surface area contributed by atoms with Gasteiger partial charge in [-0.1, -0.05) is 6.07 Å². The van der Waals surface area contributed by atoms with Crippen LogP contribution in [0.5, 0.6) is 0 Å². The first kappa shape index (κ1) is 11.3. The van der Waals surface area contributed by atoms with E-state index in [-0.39, 0.29) is 5.38 Å². The SMILES string of the molecule is Cc1cccnc1NCCCC(C)Cl. The van der Waals surface area contributed by atoms with Crippen LogP contribution >= 0.6 is 11.6 Å². The maximum absolute atomic E-state index is 5.85. The summed E-state index contributed by atoms with van der Waals surface area (Å²) in [5.74, 6) is 0.981. The molecule has 1 heterocycles. The van der Waals surface area contributed by atoms with E-state index in [0.29, 0.717) is 0 Å². The Morgan fingerprint density at radius 2 is 2.36 bits per heavy atom. The average Bonchev–Trinajstić information content (AvgIpc) is 2.15. The molecule has 0 fully saturated rings. The molecule has 78 valence electrons. The van der Waals surface area contributed by atoms with Gasteiger partial charge in [-0.3, -0.25) is 0 Å². The highest BCUT2D eigenvalue weighted by molar-refractivity contribution is 6.20. The molecule has 1 aromatic rings. The van der Waals surface area contributed by atoms with Crippen LogP contribution in [0.2, 0.25) is 0 Å². The predicted octanol–water partition coefficient (Wildman–Crippen LogP) is 3.21. The molecule has 0 saturated carbocycles. The molecule has 1 unspecified atom stereocenters. The van der Waals surface area contributed by atoms with Gasteiger partial charge in [0.2, 0.25) is 0 Å². The number of halogens is 1. The Balaban J connectivity index is 2.28. The van der Waals surface area contributed by atoms with Crippen LogP contribution in [0.15, 0.2) is 18.3 Å². The van der Waals surface area contributed by atoms with Crippen molar-refractivity contribution in [3.05, 3.63) is 23.9 Å². The number of hydrogen-bond acceptors (Lipinski definition) is 2. The molecule has 0 aliphatic rings. The van der Waals surface area contributed by atoms with Crippen molar-refractivity contribution in [2.24, 2.45) is 0 Å². The van der Waals surface area contributed by atoms with Crippen molar-refractivity contribution >= 4 is 17.4 Å². The lowest BCUT2D eigenvalue weighted by Crippen LogP contribution is -2.06. The first-order valence-electron chi connectivity index (χ1n) is 4.99. The molecule has 1 aromatic heterocycles. The van der Waals surface area contributed by atoms with E-state index in [1.54, 1.807) is 6.20 Å². The summed E-state index contributed by atoms with van der Waals surface area (Å²) in [4.78, 5) is 4.25. The van der Waals surface area contributed by atoms with E-state index in [2.05, 4.69) is 23.3 Å². The molecule has 0 amide bonds. The molecule has 0 saturated heterocycles. The van der Waals surface area contributed by atoms with Crippen molar-refractivity contribution in [2.75, 3.05) is 11.9 Å². The van der Waals surface area contributed by atoms with Gasteiger partial charge >= 0.3 is 0 Å². The van der Waals surface area contributed by atoms with Crippen molar-refractivity contribution < 1.29 is 0 Å². The molecule has 0 aliphatic heterocycles. The molecule has 2 nitrogen and oxygen atoms in total. The summed E-state index contributed by atoms with van der Waals surface area (Å²) in [6.45, 7) is 5.02. The van der Waals surface area contributed by atoms with Gasteiger partial charge in [-0.05, 0) is 38.3 Å². The fourth-order valence-electron chi connectivity index (χ4n) is 1.26. The number of nitrogens with one attached hydrogen (secondary N) is 1. The highest BCUT2D eigenvalue weighted by Crippen LogP contribution is 2.10. The first-order valence-corrected chi connectivity index (χ1v) is 5.43. The van der Waals surface area contributed by atoms with E-state index < -0.39 is 0 Å². The van der Waals surface area contributed by atoms with E-state index in [0.717, 1.165) is 25.2 Å². The summed E-state index contributed by atoms with van der Waals surface area (Å²) in [5.41, 5.74) is 1.19.